The molecule has 0 aromatic carbocycles. The van der Waals surface area contributed by atoms with Crippen molar-refractivity contribution in [2.45, 2.75) is 270 Å². The highest BCUT2D eigenvalue weighted by Crippen LogP contribution is 2.17. The molecule has 0 aliphatic carbocycles. The van der Waals surface area contributed by atoms with Crippen molar-refractivity contribution in [1.29, 1.82) is 0 Å². The highest BCUT2D eigenvalue weighted by atomic mass is 16.5. The number of hydrogen-bond acceptors (Lipinski definition) is 5. The van der Waals surface area contributed by atoms with Crippen molar-refractivity contribution in [3.8, 4) is 0 Å². The highest BCUT2D eigenvalue weighted by Gasteiger charge is 2.24. The van der Waals surface area contributed by atoms with E-state index in [2.05, 4.69) is 74.7 Å². The summed E-state index contributed by atoms with van der Waals surface area (Å²) in [6, 6.07) is -0.713. The van der Waals surface area contributed by atoms with E-state index in [4.69, 9.17) is 4.74 Å². The number of unbranched alkanes of at least 4 members (excludes halogenated alkanes) is 27. The van der Waals surface area contributed by atoms with Crippen LogP contribution in [0.2, 0.25) is 0 Å². The Hall–Kier alpha value is -2.18. The standard InChI is InChI=1S/C53H97NO5/c1-4-7-10-13-16-19-22-24-25-26-28-30-33-36-39-42-45-51(56)50(48-55)54-52(57)47-49(44-41-38-35-32-29-21-18-15-12-9-6-3)59-53(58)46-43-40-37-34-31-27-23-20-17-14-11-8-5-2/h8,11,14,17,20,23,32,35,49-51,55-56H,4-7,9-10,12-13,15-16,18-19,21-22,24-31,33-34,36-48H2,1-3H3,(H,54,57)/b11-8+,17-14+,23-20-,35-32-. The van der Waals surface area contributed by atoms with Gasteiger partial charge in [0.05, 0.1) is 25.2 Å². The number of allylic oxidation sites excluding steroid dienone is 8. The third-order valence-electron chi connectivity index (χ3n) is 11.5. The maximum absolute atomic E-state index is 13.2. The molecule has 3 atom stereocenters. The monoisotopic (exact) mass is 828 g/mol. The molecular formula is C53H97NO5. The van der Waals surface area contributed by atoms with Gasteiger partial charge >= 0.3 is 5.97 Å². The molecule has 0 bridgehead atoms. The van der Waals surface area contributed by atoms with Crippen LogP contribution < -0.4 is 5.32 Å². The zero-order chi connectivity index (χ0) is 43.1. The van der Waals surface area contributed by atoms with Gasteiger partial charge in [0.1, 0.15) is 6.10 Å². The molecule has 0 aromatic heterocycles. The summed E-state index contributed by atoms with van der Waals surface area (Å²) >= 11 is 0. The van der Waals surface area contributed by atoms with E-state index in [0.29, 0.717) is 19.3 Å². The van der Waals surface area contributed by atoms with E-state index in [1.165, 1.54) is 122 Å². The van der Waals surface area contributed by atoms with Crippen molar-refractivity contribution in [3.63, 3.8) is 0 Å². The Morgan fingerprint density at radius 3 is 1.46 bits per heavy atom. The van der Waals surface area contributed by atoms with Crippen LogP contribution in [0.15, 0.2) is 48.6 Å². The molecule has 1 amide bonds. The molecule has 0 heterocycles. The summed E-state index contributed by atoms with van der Waals surface area (Å²) in [5.74, 6) is -0.524. The van der Waals surface area contributed by atoms with Crippen molar-refractivity contribution in [1.82, 2.24) is 5.32 Å². The van der Waals surface area contributed by atoms with Crippen LogP contribution in [0, 0.1) is 0 Å². The van der Waals surface area contributed by atoms with Crippen LogP contribution in [0.4, 0.5) is 0 Å². The van der Waals surface area contributed by atoms with Crippen LogP contribution >= 0.6 is 0 Å². The molecule has 3 unspecified atom stereocenters. The Morgan fingerprint density at radius 1 is 0.508 bits per heavy atom. The van der Waals surface area contributed by atoms with Gasteiger partial charge in [0.15, 0.2) is 0 Å². The Balaban J connectivity index is 4.54. The van der Waals surface area contributed by atoms with Crippen molar-refractivity contribution in [3.05, 3.63) is 48.6 Å². The Labute approximate surface area is 366 Å². The molecule has 3 N–H and O–H groups in total. The van der Waals surface area contributed by atoms with Crippen LogP contribution in [-0.4, -0.2) is 46.9 Å². The van der Waals surface area contributed by atoms with E-state index in [1.807, 2.05) is 0 Å². The van der Waals surface area contributed by atoms with Gasteiger partial charge in [-0.2, -0.15) is 0 Å². The first-order chi connectivity index (χ1) is 29.0. The topological polar surface area (TPSA) is 95.9 Å². The van der Waals surface area contributed by atoms with Crippen LogP contribution in [-0.2, 0) is 14.3 Å². The summed E-state index contributed by atoms with van der Waals surface area (Å²) in [6.45, 7) is 6.33. The lowest BCUT2D eigenvalue weighted by molar-refractivity contribution is -0.151. The molecule has 0 aliphatic heterocycles. The van der Waals surface area contributed by atoms with E-state index >= 15 is 0 Å². The maximum atomic E-state index is 13.2. The van der Waals surface area contributed by atoms with Crippen LogP contribution in [0.25, 0.3) is 0 Å². The minimum Gasteiger partial charge on any atom is -0.462 e. The van der Waals surface area contributed by atoms with Crippen molar-refractivity contribution in [2.24, 2.45) is 0 Å². The van der Waals surface area contributed by atoms with E-state index < -0.39 is 18.2 Å². The minimum absolute atomic E-state index is 0.0487. The Morgan fingerprint density at radius 2 is 0.949 bits per heavy atom. The number of rotatable bonds is 45. The van der Waals surface area contributed by atoms with Gasteiger partial charge in [0, 0.05) is 6.42 Å². The summed E-state index contributed by atoms with van der Waals surface area (Å²) in [6.07, 6.45) is 56.0. The van der Waals surface area contributed by atoms with Crippen LogP contribution in [0.3, 0.4) is 0 Å². The molecule has 0 aromatic rings. The summed E-state index contributed by atoms with van der Waals surface area (Å²) in [4.78, 5) is 26.1. The average molecular weight is 828 g/mol. The quantitative estimate of drug-likeness (QED) is 0.0246. The number of aliphatic hydroxyl groups excluding tert-OH is 2. The number of carbonyl (C=O) groups is 2. The van der Waals surface area contributed by atoms with Gasteiger partial charge in [0.2, 0.25) is 5.91 Å². The first kappa shape index (κ1) is 56.8. The summed E-state index contributed by atoms with van der Waals surface area (Å²) < 4.78 is 5.89. The molecule has 0 aliphatic rings. The van der Waals surface area contributed by atoms with Gasteiger partial charge in [0.25, 0.3) is 0 Å². The number of aliphatic hydroxyl groups is 2. The predicted octanol–water partition coefficient (Wildman–Crippen LogP) is 15.1. The van der Waals surface area contributed by atoms with E-state index in [1.54, 1.807) is 0 Å². The second-order valence-corrected chi connectivity index (χ2v) is 17.2. The molecule has 0 saturated heterocycles. The number of nitrogens with one attached hydrogen (secondary N) is 1. The van der Waals surface area contributed by atoms with Gasteiger partial charge in [-0.15, -0.1) is 0 Å². The van der Waals surface area contributed by atoms with E-state index in [-0.39, 0.29) is 24.9 Å². The SMILES string of the molecule is CC/C=C/C=C/C=C\CCCCCCCC(=O)OC(CCC/C=C\CCCCCCCC)CC(=O)NC(CO)C(O)CCCCCCCCCCCCCCCCCC. The number of hydrogen-bond donors (Lipinski definition) is 3. The van der Waals surface area contributed by atoms with Gasteiger partial charge in [-0.3, -0.25) is 9.59 Å². The Bertz CT molecular complexity index is 1020. The first-order valence-corrected chi connectivity index (χ1v) is 25.4. The first-order valence-electron chi connectivity index (χ1n) is 25.4. The van der Waals surface area contributed by atoms with Crippen molar-refractivity contribution in [2.75, 3.05) is 6.61 Å². The fraction of sp³-hybridized carbons (Fsp3) is 0.811. The van der Waals surface area contributed by atoms with Crippen molar-refractivity contribution < 1.29 is 24.5 Å². The summed E-state index contributed by atoms with van der Waals surface area (Å²) in [5.41, 5.74) is 0. The number of amides is 1. The number of carbonyl (C=O) groups excluding carboxylic acids is 2. The van der Waals surface area contributed by atoms with E-state index in [9.17, 15) is 19.8 Å². The lowest BCUT2D eigenvalue weighted by Gasteiger charge is -2.24. The fourth-order valence-electron chi connectivity index (χ4n) is 7.61. The third-order valence-corrected chi connectivity index (χ3v) is 11.5. The molecule has 0 spiro atoms. The second-order valence-electron chi connectivity index (χ2n) is 17.2. The van der Waals surface area contributed by atoms with Crippen LogP contribution in [0.5, 0.6) is 0 Å². The van der Waals surface area contributed by atoms with E-state index in [0.717, 1.165) is 83.5 Å². The lowest BCUT2D eigenvalue weighted by Crippen LogP contribution is -2.46. The molecule has 0 radical (unpaired) electrons. The molecule has 0 rings (SSSR count). The van der Waals surface area contributed by atoms with Crippen LogP contribution in [0.1, 0.15) is 252 Å². The largest absolute Gasteiger partial charge is 0.462 e. The molecule has 344 valence electrons. The minimum atomic E-state index is -0.797. The lowest BCUT2D eigenvalue weighted by atomic mass is 10.0. The molecule has 6 heteroatoms. The number of ether oxygens (including phenoxy) is 1. The van der Waals surface area contributed by atoms with Gasteiger partial charge in [-0.05, 0) is 64.2 Å². The molecular weight excluding hydrogens is 731 g/mol. The summed E-state index contributed by atoms with van der Waals surface area (Å²) in [5, 5.41) is 23.7. The van der Waals surface area contributed by atoms with Gasteiger partial charge in [-0.1, -0.05) is 223 Å². The predicted molar refractivity (Wildman–Crippen MR) is 255 cm³/mol. The number of esters is 1. The third kappa shape index (κ3) is 42.3. The maximum Gasteiger partial charge on any atom is 0.306 e. The molecule has 0 fully saturated rings. The zero-order valence-electron chi connectivity index (χ0n) is 39.1. The Kier molecular flexibility index (Phi) is 45.1. The average Bonchev–Trinajstić information content (AvgIpc) is 3.23. The summed E-state index contributed by atoms with van der Waals surface area (Å²) in [7, 11) is 0. The zero-order valence-corrected chi connectivity index (χ0v) is 39.1. The molecule has 0 saturated carbocycles. The smallest absolute Gasteiger partial charge is 0.306 e. The van der Waals surface area contributed by atoms with Gasteiger partial charge < -0.3 is 20.3 Å². The van der Waals surface area contributed by atoms with Crippen molar-refractivity contribution >= 4 is 11.9 Å². The fourth-order valence-corrected chi connectivity index (χ4v) is 7.61. The molecule has 6 nitrogen and oxygen atoms in total. The normalized spacial score (nSPS) is 13.6. The second kappa shape index (κ2) is 46.9. The highest BCUT2D eigenvalue weighted by molar-refractivity contribution is 5.77. The molecule has 59 heavy (non-hydrogen) atoms. The van der Waals surface area contributed by atoms with Gasteiger partial charge in [-0.25, -0.2) is 0 Å².